The maximum atomic E-state index is 12.1. The summed E-state index contributed by atoms with van der Waals surface area (Å²) in [6.45, 7) is 0.531. The molecule has 0 radical (unpaired) electrons. The molecule has 1 fully saturated rings. The molecular weight excluding hydrogens is 308 g/mol. The van der Waals surface area contributed by atoms with Crippen molar-refractivity contribution in [3.63, 3.8) is 0 Å². The van der Waals surface area contributed by atoms with E-state index in [4.69, 9.17) is 16.3 Å². The minimum atomic E-state index is -0.368. The van der Waals surface area contributed by atoms with Crippen LogP contribution in [0.1, 0.15) is 30.4 Å². The Morgan fingerprint density at radius 2 is 1.96 bits per heavy atom. The first-order valence-electron chi connectivity index (χ1n) is 7.88. The summed E-state index contributed by atoms with van der Waals surface area (Å²) in [6, 6.07) is 17.9. The van der Waals surface area contributed by atoms with E-state index in [0.717, 1.165) is 41.7 Å². The molecule has 1 saturated carbocycles. The van der Waals surface area contributed by atoms with E-state index in [0.29, 0.717) is 6.61 Å². The summed E-state index contributed by atoms with van der Waals surface area (Å²) in [7, 11) is 0. The average molecular weight is 327 g/mol. The van der Waals surface area contributed by atoms with Crippen LogP contribution in [0.15, 0.2) is 60.2 Å². The number of ether oxygens (including phenoxy) is 1. The number of hydrogen-bond donors (Lipinski definition) is 0. The van der Waals surface area contributed by atoms with Crippen molar-refractivity contribution in [3.8, 4) is 5.75 Å². The van der Waals surface area contributed by atoms with Crippen molar-refractivity contribution in [2.24, 2.45) is 0 Å². The zero-order valence-electron chi connectivity index (χ0n) is 12.9. The third-order valence-electron chi connectivity index (χ3n) is 3.95. The maximum Gasteiger partial charge on any atom is 0.176 e. The smallest absolute Gasteiger partial charge is 0.176 e. The Labute approximate surface area is 141 Å². The topological polar surface area (TPSA) is 26.3 Å². The van der Waals surface area contributed by atoms with Crippen LogP contribution in [0.2, 0.25) is 0 Å². The molecule has 0 heterocycles. The minimum Gasteiger partial charge on any atom is -0.489 e. The molecule has 1 aliphatic rings. The highest BCUT2D eigenvalue weighted by molar-refractivity contribution is 6.34. The molecule has 0 N–H and O–H groups in total. The highest BCUT2D eigenvalue weighted by atomic mass is 35.5. The first-order chi connectivity index (χ1) is 11.2. The van der Waals surface area contributed by atoms with Gasteiger partial charge in [0.15, 0.2) is 5.78 Å². The van der Waals surface area contributed by atoms with E-state index in [1.54, 1.807) is 0 Å². The Bertz CT molecular complexity index is 707. The van der Waals surface area contributed by atoms with Crippen molar-refractivity contribution in [1.29, 1.82) is 0 Å². The molecule has 2 nitrogen and oxygen atoms in total. The standard InChI is InChI=1S/C20H19ClO2/c21-19-11-5-9-17(20(19)22)12-16-8-4-10-18(13-16)23-14-15-6-2-1-3-7-15/h1-4,6-8,10,12-13,19H,5,9,11,14H2. The van der Waals surface area contributed by atoms with Crippen molar-refractivity contribution in [1.82, 2.24) is 0 Å². The Morgan fingerprint density at radius 3 is 2.78 bits per heavy atom. The summed E-state index contributed by atoms with van der Waals surface area (Å²) in [5.41, 5.74) is 2.92. The fourth-order valence-electron chi connectivity index (χ4n) is 2.71. The fourth-order valence-corrected chi connectivity index (χ4v) is 3.00. The van der Waals surface area contributed by atoms with Crippen molar-refractivity contribution in [2.45, 2.75) is 31.2 Å². The predicted molar refractivity (Wildman–Crippen MR) is 93.7 cm³/mol. The zero-order valence-corrected chi connectivity index (χ0v) is 13.6. The minimum absolute atomic E-state index is 0.0634. The first kappa shape index (κ1) is 15.8. The number of rotatable bonds is 4. The molecule has 2 aromatic carbocycles. The molecule has 0 bridgehead atoms. The Morgan fingerprint density at radius 1 is 1.13 bits per heavy atom. The van der Waals surface area contributed by atoms with E-state index in [1.165, 1.54) is 0 Å². The van der Waals surface area contributed by atoms with Gasteiger partial charge in [-0.25, -0.2) is 0 Å². The number of ketones is 1. The van der Waals surface area contributed by atoms with Crippen LogP contribution < -0.4 is 4.74 Å². The second kappa shape index (κ2) is 7.47. The van der Waals surface area contributed by atoms with Gasteiger partial charge in [-0.15, -0.1) is 11.6 Å². The number of halogens is 1. The lowest BCUT2D eigenvalue weighted by Crippen LogP contribution is -2.21. The molecule has 0 spiro atoms. The van der Waals surface area contributed by atoms with E-state index >= 15 is 0 Å². The summed E-state index contributed by atoms with van der Waals surface area (Å²) in [6.07, 6.45) is 4.48. The van der Waals surface area contributed by atoms with Crippen LogP contribution in [0.4, 0.5) is 0 Å². The molecular formula is C20H19ClO2. The van der Waals surface area contributed by atoms with Crippen molar-refractivity contribution in [2.75, 3.05) is 0 Å². The van der Waals surface area contributed by atoms with Gasteiger partial charge in [0.25, 0.3) is 0 Å². The van der Waals surface area contributed by atoms with Crippen LogP contribution in [-0.4, -0.2) is 11.2 Å². The molecule has 1 aliphatic carbocycles. The van der Waals surface area contributed by atoms with E-state index in [9.17, 15) is 4.79 Å². The van der Waals surface area contributed by atoms with Crippen molar-refractivity contribution >= 4 is 23.5 Å². The third kappa shape index (κ3) is 4.23. The van der Waals surface area contributed by atoms with Crippen molar-refractivity contribution < 1.29 is 9.53 Å². The molecule has 0 aromatic heterocycles. The van der Waals surface area contributed by atoms with Crippen molar-refractivity contribution in [3.05, 3.63) is 71.3 Å². The fraction of sp³-hybridized carbons (Fsp3) is 0.250. The first-order valence-corrected chi connectivity index (χ1v) is 8.32. The van der Waals surface area contributed by atoms with Crippen LogP contribution in [-0.2, 0) is 11.4 Å². The summed E-state index contributed by atoms with van der Waals surface area (Å²) >= 11 is 6.06. The normalized spacial score (nSPS) is 19.8. The largest absolute Gasteiger partial charge is 0.489 e. The second-order valence-corrected chi connectivity index (χ2v) is 6.27. The lowest BCUT2D eigenvalue weighted by molar-refractivity contribution is -0.116. The van der Waals surface area contributed by atoms with Crippen LogP contribution >= 0.6 is 11.6 Å². The molecule has 0 amide bonds. The molecule has 118 valence electrons. The highest BCUT2D eigenvalue weighted by Crippen LogP contribution is 2.26. The number of alkyl halides is 1. The number of allylic oxidation sites excluding steroid dienone is 1. The summed E-state index contributed by atoms with van der Waals surface area (Å²) < 4.78 is 5.83. The third-order valence-corrected chi connectivity index (χ3v) is 4.37. The van der Waals surface area contributed by atoms with E-state index in [2.05, 4.69) is 0 Å². The van der Waals surface area contributed by atoms with Gasteiger partial charge < -0.3 is 4.74 Å². The Kier molecular flexibility index (Phi) is 5.14. The Hall–Kier alpha value is -2.06. The monoisotopic (exact) mass is 326 g/mol. The quantitative estimate of drug-likeness (QED) is 0.583. The van der Waals surface area contributed by atoms with Gasteiger partial charge in [-0.05, 0) is 54.2 Å². The number of Topliss-reactive ketones (excluding diaryl/α,β-unsaturated/α-hetero) is 1. The van der Waals surface area contributed by atoms with Gasteiger partial charge in [0, 0.05) is 0 Å². The number of carbonyl (C=O) groups excluding carboxylic acids is 1. The van der Waals surface area contributed by atoms with Gasteiger partial charge in [-0.3, -0.25) is 4.79 Å². The van der Waals surface area contributed by atoms with Gasteiger partial charge in [0.1, 0.15) is 12.4 Å². The molecule has 3 heteroatoms. The number of benzene rings is 2. The summed E-state index contributed by atoms with van der Waals surface area (Å²) in [5, 5.41) is -0.368. The average Bonchev–Trinajstić information content (AvgIpc) is 2.59. The van der Waals surface area contributed by atoms with Crippen LogP contribution in [0.25, 0.3) is 6.08 Å². The highest BCUT2D eigenvalue weighted by Gasteiger charge is 2.24. The second-order valence-electron chi connectivity index (χ2n) is 5.74. The summed E-state index contributed by atoms with van der Waals surface area (Å²) in [5.74, 6) is 0.863. The Balaban J connectivity index is 1.71. The van der Waals surface area contributed by atoms with E-state index < -0.39 is 0 Å². The van der Waals surface area contributed by atoms with Gasteiger partial charge in [-0.1, -0.05) is 42.5 Å². The van der Waals surface area contributed by atoms with E-state index in [1.807, 2.05) is 60.7 Å². The lowest BCUT2D eigenvalue weighted by Gasteiger charge is -2.17. The van der Waals surface area contributed by atoms with Gasteiger partial charge in [0.05, 0.1) is 5.38 Å². The lowest BCUT2D eigenvalue weighted by atomic mass is 9.91. The summed E-state index contributed by atoms with van der Waals surface area (Å²) in [4.78, 5) is 12.1. The molecule has 1 unspecified atom stereocenters. The van der Waals surface area contributed by atoms with Crippen LogP contribution in [0, 0.1) is 0 Å². The molecule has 0 saturated heterocycles. The molecule has 3 rings (SSSR count). The van der Waals surface area contributed by atoms with Gasteiger partial charge in [-0.2, -0.15) is 0 Å². The number of hydrogen-bond acceptors (Lipinski definition) is 2. The number of carbonyl (C=O) groups is 1. The maximum absolute atomic E-state index is 12.1. The SMILES string of the molecule is O=C1C(=Cc2cccc(OCc3ccccc3)c2)CCCC1Cl. The van der Waals surface area contributed by atoms with Gasteiger partial charge >= 0.3 is 0 Å². The molecule has 23 heavy (non-hydrogen) atoms. The predicted octanol–water partition coefficient (Wildman–Crippen LogP) is 5.01. The molecule has 0 aliphatic heterocycles. The zero-order chi connectivity index (χ0) is 16.1. The van der Waals surface area contributed by atoms with Crippen LogP contribution in [0.5, 0.6) is 5.75 Å². The molecule has 1 atom stereocenters. The van der Waals surface area contributed by atoms with E-state index in [-0.39, 0.29) is 11.2 Å². The van der Waals surface area contributed by atoms with Crippen LogP contribution in [0.3, 0.4) is 0 Å². The van der Waals surface area contributed by atoms with Gasteiger partial charge in [0.2, 0.25) is 0 Å². The molecule has 2 aromatic rings.